The second-order valence-corrected chi connectivity index (χ2v) is 17.6. The summed E-state index contributed by atoms with van der Waals surface area (Å²) in [5.41, 5.74) is -2.56. The molecule has 3 aliphatic carbocycles. The van der Waals surface area contributed by atoms with Gasteiger partial charge >= 0.3 is 6.03 Å². The molecule has 5 rings (SSSR count). The van der Waals surface area contributed by atoms with E-state index in [1.807, 2.05) is 48.5 Å². The lowest BCUT2D eigenvalue weighted by Gasteiger charge is -2.38. The van der Waals surface area contributed by atoms with Crippen molar-refractivity contribution in [2.75, 3.05) is 6.54 Å². The lowest BCUT2D eigenvalue weighted by atomic mass is 9.85. The van der Waals surface area contributed by atoms with Crippen LogP contribution in [-0.2, 0) is 29.2 Å². The summed E-state index contributed by atoms with van der Waals surface area (Å²) in [5.74, 6) is -2.78. The number of urea groups is 1. The summed E-state index contributed by atoms with van der Waals surface area (Å²) >= 11 is 0. The number of benzene rings is 1. The first kappa shape index (κ1) is 35.6. The predicted molar refractivity (Wildman–Crippen MR) is 178 cm³/mol. The smallest absolute Gasteiger partial charge is 0.316 e. The maximum absolute atomic E-state index is 14.3. The van der Waals surface area contributed by atoms with E-state index in [2.05, 4.69) is 27.3 Å². The Morgan fingerprint density at radius 2 is 1.65 bits per heavy atom. The van der Waals surface area contributed by atoms with Gasteiger partial charge in [-0.2, -0.15) is 0 Å². The first-order chi connectivity index (χ1) is 22.3. The van der Waals surface area contributed by atoms with Gasteiger partial charge in [0, 0.05) is 18.4 Å². The second kappa shape index (κ2) is 12.3. The molecule has 2 unspecified atom stereocenters. The quantitative estimate of drug-likeness (QED) is 0.246. The molecule has 12 nitrogen and oxygen atoms in total. The van der Waals surface area contributed by atoms with Gasteiger partial charge in [-0.3, -0.25) is 19.2 Å². The van der Waals surface area contributed by atoms with Crippen molar-refractivity contribution in [1.82, 2.24) is 25.6 Å². The summed E-state index contributed by atoms with van der Waals surface area (Å²) in [6, 6.07) is 4.16. The van der Waals surface area contributed by atoms with Crippen molar-refractivity contribution in [2.45, 2.75) is 96.3 Å². The van der Waals surface area contributed by atoms with Crippen LogP contribution < -0.4 is 20.7 Å². The Morgan fingerprint density at radius 3 is 2.17 bits per heavy atom. The third-order valence-corrected chi connectivity index (χ3v) is 12.1. The fourth-order valence-electron chi connectivity index (χ4n) is 7.33. The molecule has 0 bridgehead atoms. The third-order valence-electron chi connectivity index (χ3n) is 10.7. The molecule has 0 spiro atoms. The Kier molecular flexibility index (Phi) is 9.11. The normalized spacial score (nSPS) is 28.4. The Bertz CT molecular complexity index is 1610. The molecule has 5 amide bonds. The van der Waals surface area contributed by atoms with Gasteiger partial charge in [-0.1, -0.05) is 72.7 Å². The van der Waals surface area contributed by atoms with Crippen LogP contribution in [0.5, 0.6) is 0 Å². The first-order valence-electron chi connectivity index (χ1n) is 16.7. The first-order valence-corrected chi connectivity index (χ1v) is 18.2. The zero-order valence-corrected chi connectivity index (χ0v) is 29.6. The number of carbonyl (C=O) groups excluding carboxylic acids is 5. The molecule has 7 atom stereocenters. The zero-order chi connectivity index (χ0) is 35.6. The lowest BCUT2D eigenvalue weighted by Crippen LogP contribution is -2.63. The van der Waals surface area contributed by atoms with Crippen molar-refractivity contribution in [2.24, 2.45) is 40.4 Å². The highest BCUT2D eigenvalue weighted by atomic mass is 32.2. The highest BCUT2D eigenvalue weighted by Crippen LogP contribution is 2.65. The van der Waals surface area contributed by atoms with Gasteiger partial charge in [0.2, 0.25) is 11.8 Å². The van der Waals surface area contributed by atoms with Crippen LogP contribution in [0.4, 0.5) is 4.79 Å². The van der Waals surface area contributed by atoms with Gasteiger partial charge < -0.3 is 20.9 Å². The minimum Gasteiger partial charge on any atom is -0.339 e. The van der Waals surface area contributed by atoms with E-state index in [0.717, 1.165) is 12.8 Å². The molecule has 262 valence electrons. The Hall–Kier alpha value is -3.74. The van der Waals surface area contributed by atoms with Crippen molar-refractivity contribution in [3.05, 3.63) is 43.0 Å². The van der Waals surface area contributed by atoms with E-state index in [-0.39, 0.29) is 52.7 Å². The van der Waals surface area contributed by atoms with E-state index in [1.165, 1.54) is 23.1 Å². The zero-order valence-electron chi connectivity index (χ0n) is 28.8. The maximum Gasteiger partial charge on any atom is 0.316 e. The minimum absolute atomic E-state index is 0.00942. The summed E-state index contributed by atoms with van der Waals surface area (Å²) in [6.45, 7) is 17.3. The molecule has 1 saturated heterocycles. The number of amides is 5. The van der Waals surface area contributed by atoms with Crippen LogP contribution in [0.3, 0.4) is 0 Å². The van der Waals surface area contributed by atoms with Crippen molar-refractivity contribution in [1.29, 1.82) is 0 Å². The average molecular weight is 684 g/mol. The van der Waals surface area contributed by atoms with Gasteiger partial charge in [-0.15, -0.1) is 6.58 Å². The number of hydrogen-bond donors (Lipinski definition) is 4. The highest BCUT2D eigenvalue weighted by Gasteiger charge is 2.71. The van der Waals surface area contributed by atoms with Gasteiger partial charge in [-0.25, -0.2) is 17.9 Å². The molecule has 4 N–H and O–H groups in total. The molecule has 3 saturated carbocycles. The van der Waals surface area contributed by atoms with Gasteiger partial charge in [0.05, 0.1) is 10.9 Å². The van der Waals surface area contributed by atoms with Gasteiger partial charge in [-0.05, 0) is 60.0 Å². The summed E-state index contributed by atoms with van der Waals surface area (Å²) in [5, 5.41) is 8.43. The van der Waals surface area contributed by atoms with E-state index >= 15 is 0 Å². The third kappa shape index (κ3) is 6.62. The monoisotopic (exact) mass is 683 g/mol. The van der Waals surface area contributed by atoms with Crippen LogP contribution in [0.1, 0.15) is 67.7 Å². The average Bonchev–Trinajstić information content (AvgIpc) is 3.96. The van der Waals surface area contributed by atoms with Crippen LogP contribution in [0.2, 0.25) is 0 Å². The number of fused-ring (bicyclic) bond motifs is 1. The fourth-order valence-corrected chi connectivity index (χ4v) is 8.39. The molecule has 0 aromatic heterocycles. The molecule has 0 radical (unpaired) electrons. The molecule has 4 fully saturated rings. The van der Waals surface area contributed by atoms with E-state index in [9.17, 15) is 32.4 Å². The fraction of sp³-hybridized carbons (Fsp3) is 0.629. The van der Waals surface area contributed by atoms with E-state index in [1.54, 1.807) is 18.2 Å². The number of piperidine rings is 1. The van der Waals surface area contributed by atoms with E-state index < -0.39 is 68.8 Å². The number of Topliss-reactive ketones (excluding diaryl/α,β-unsaturated/α-hetero) is 1. The van der Waals surface area contributed by atoms with E-state index in [0.29, 0.717) is 0 Å². The van der Waals surface area contributed by atoms with Crippen molar-refractivity contribution < 1.29 is 32.4 Å². The summed E-state index contributed by atoms with van der Waals surface area (Å²) in [7, 11) is -4.21. The Balaban J connectivity index is 1.35. The topological polar surface area (TPSA) is 171 Å². The van der Waals surface area contributed by atoms with Crippen LogP contribution in [-0.4, -0.2) is 73.1 Å². The Labute approximate surface area is 283 Å². The number of nitrogens with zero attached hydrogens (tertiary/aromatic N) is 1. The number of hydrogen-bond acceptors (Lipinski definition) is 7. The summed E-state index contributed by atoms with van der Waals surface area (Å²) in [6.07, 6.45) is 3.28. The molecular formula is C35H49N5O7S. The lowest BCUT2D eigenvalue weighted by molar-refractivity contribution is -0.144. The molecule has 4 aliphatic rings. The van der Waals surface area contributed by atoms with Crippen molar-refractivity contribution in [3.63, 3.8) is 0 Å². The van der Waals surface area contributed by atoms with Gasteiger partial charge in [0.1, 0.15) is 17.6 Å². The van der Waals surface area contributed by atoms with Crippen LogP contribution in [0.25, 0.3) is 0 Å². The highest BCUT2D eigenvalue weighted by molar-refractivity contribution is 7.90. The number of sulfonamides is 1. The molecule has 1 aromatic carbocycles. The predicted octanol–water partition coefficient (Wildman–Crippen LogP) is 2.75. The minimum atomic E-state index is -4.21. The summed E-state index contributed by atoms with van der Waals surface area (Å²) < 4.78 is 28.1. The van der Waals surface area contributed by atoms with Crippen molar-refractivity contribution >= 4 is 39.6 Å². The number of carbonyl (C=O) groups is 5. The van der Waals surface area contributed by atoms with E-state index in [4.69, 9.17) is 0 Å². The summed E-state index contributed by atoms with van der Waals surface area (Å²) in [4.78, 5) is 69.6. The molecule has 1 aliphatic heterocycles. The van der Waals surface area contributed by atoms with Gasteiger partial charge in [0.15, 0.2) is 5.78 Å². The van der Waals surface area contributed by atoms with Crippen LogP contribution >= 0.6 is 0 Å². The number of rotatable bonds is 12. The maximum atomic E-state index is 14.3. The number of ketones is 1. The van der Waals surface area contributed by atoms with Crippen LogP contribution in [0.15, 0.2) is 47.9 Å². The largest absolute Gasteiger partial charge is 0.339 e. The van der Waals surface area contributed by atoms with Crippen molar-refractivity contribution in [3.8, 4) is 0 Å². The molecule has 13 heteroatoms. The second-order valence-electron chi connectivity index (χ2n) is 16.0. The SMILES string of the molecule is C=C[C@@H]1C[C@]1(NC(=O)[C@@H]1C2C(CN1C(=O)[C@@H](NC(=O)N[C@H](C(=O)C1CC1)C(C)C)C(C)(C)C)C2(C)C)C(=O)NS(=O)(=O)c1ccccc1. The molecule has 1 aromatic rings. The Morgan fingerprint density at radius 1 is 1.02 bits per heavy atom. The number of nitrogens with one attached hydrogen (secondary N) is 4. The molecule has 48 heavy (non-hydrogen) atoms. The standard InChI is InChI=1S/C35H49N5O7S/c1-9-21-17-35(21,31(44)39-48(46,47)22-13-11-10-12-14-22)38-29(42)26-24-23(34(24,7)8)18-40(26)30(43)28(33(4,5)6)37-32(45)36-25(19(2)3)27(41)20-15-16-20/h9-14,19-21,23-26,28H,1,15-18H2,2-8H3,(H,38,42)(H,39,44)(H2,36,37,45)/t21-,23?,24?,25+,26+,28-,35-/m1/s1. The van der Waals surface area contributed by atoms with Gasteiger partial charge in [0.25, 0.3) is 15.9 Å². The molecular weight excluding hydrogens is 634 g/mol. The number of likely N-dealkylation sites (tertiary alicyclic amines) is 1. The van der Waals surface area contributed by atoms with Crippen LogP contribution in [0, 0.1) is 40.4 Å². The molecule has 1 heterocycles.